The predicted molar refractivity (Wildman–Crippen MR) is 56.6 cm³/mol. The summed E-state index contributed by atoms with van der Waals surface area (Å²) in [6, 6.07) is 4.28. The zero-order chi connectivity index (χ0) is 12.1. The molecule has 0 fully saturated rings. The summed E-state index contributed by atoms with van der Waals surface area (Å²) in [5, 5.41) is 19.5. The van der Waals surface area contributed by atoms with Gasteiger partial charge in [0.05, 0.1) is 11.5 Å². The Bertz CT molecular complexity index is 488. The van der Waals surface area contributed by atoms with Crippen LogP contribution in [0.5, 0.6) is 5.75 Å². The van der Waals surface area contributed by atoms with Crippen LogP contribution >= 0.6 is 0 Å². The molecule has 0 spiro atoms. The second-order valence-electron chi connectivity index (χ2n) is 4.26. The van der Waals surface area contributed by atoms with Gasteiger partial charge >= 0.3 is 0 Å². The number of carbonyl (C=O) groups excluding carboxylic acids is 2. The molecule has 1 aliphatic rings. The monoisotopic (exact) mass is 220 g/mol. The van der Waals surface area contributed by atoms with E-state index in [1.807, 2.05) is 0 Å². The first-order chi connectivity index (χ1) is 7.37. The molecule has 84 valence electrons. The molecule has 0 saturated carbocycles. The van der Waals surface area contributed by atoms with Gasteiger partial charge in [-0.3, -0.25) is 9.59 Å². The molecule has 16 heavy (non-hydrogen) atoms. The molecule has 2 atom stereocenters. The third-order valence-electron chi connectivity index (χ3n) is 3.23. The Hall–Kier alpha value is -1.68. The molecule has 1 aromatic carbocycles. The Morgan fingerprint density at radius 3 is 2.56 bits per heavy atom. The van der Waals surface area contributed by atoms with Crippen LogP contribution in [0.15, 0.2) is 18.2 Å². The molecule has 4 heteroatoms. The van der Waals surface area contributed by atoms with Crippen molar-refractivity contribution in [2.24, 2.45) is 5.92 Å². The Balaban J connectivity index is 2.75. The zero-order valence-corrected chi connectivity index (χ0v) is 9.02. The van der Waals surface area contributed by atoms with Gasteiger partial charge in [-0.15, -0.1) is 0 Å². The number of Topliss-reactive ketones (excluding diaryl/α,β-unsaturated/α-hetero) is 2. The van der Waals surface area contributed by atoms with E-state index >= 15 is 0 Å². The molecule has 0 unspecified atom stereocenters. The van der Waals surface area contributed by atoms with Gasteiger partial charge in [-0.2, -0.15) is 0 Å². The van der Waals surface area contributed by atoms with Crippen LogP contribution in [0.1, 0.15) is 34.6 Å². The fraction of sp³-hybridized carbons (Fsp3) is 0.333. The Labute approximate surface area is 92.5 Å². The normalized spacial score (nSPS) is 29.1. The molecule has 0 bridgehead atoms. The molecular formula is C12H12O4. The van der Waals surface area contributed by atoms with E-state index in [0.29, 0.717) is 0 Å². The SMILES string of the molecule is C[C@@H]1C(=O)c2c(O)cccc2C(=O)[C@]1(C)O. The van der Waals surface area contributed by atoms with Gasteiger partial charge in [0.2, 0.25) is 0 Å². The number of rotatable bonds is 0. The topological polar surface area (TPSA) is 74.6 Å². The van der Waals surface area contributed by atoms with Gasteiger partial charge in [-0.05, 0) is 13.0 Å². The van der Waals surface area contributed by atoms with Crippen LogP contribution in [0.2, 0.25) is 0 Å². The lowest BCUT2D eigenvalue weighted by Crippen LogP contribution is -2.49. The second-order valence-corrected chi connectivity index (χ2v) is 4.26. The van der Waals surface area contributed by atoms with Crippen LogP contribution in [-0.4, -0.2) is 27.4 Å². The number of phenolic OH excluding ortho intramolecular Hbond substituents is 1. The van der Waals surface area contributed by atoms with Crippen molar-refractivity contribution < 1.29 is 19.8 Å². The maximum absolute atomic E-state index is 11.9. The predicted octanol–water partition coefficient (Wildman–Crippen LogP) is 1.16. The molecule has 0 aliphatic heterocycles. The molecule has 0 saturated heterocycles. The Morgan fingerprint density at radius 2 is 1.94 bits per heavy atom. The van der Waals surface area contributed by atoms with Crippen LogP contribution in [0.3, 0.4) is 0 Å². The van der Waals surface area contributed by atoms with Crippen LogP contribution in [0, 0.1) is 5.92 Å². The Morgan fingerprint density at radius 1 is 1.31 bits per heavy atom. The van der Waals surface area contributed by atoms with Gasteiger partial charge in [-0.25, -0.2) is 0 Å². The van der Waals surface area contributed by atoms with Crippen molar-refractivity contribution in [1.29, 1.82) is 0 Å². The lowest BCUT2D eigenvalue weighted by Gasteiger charge is -2.33. The number of aromatic hydroxyl groups is 1. The molecular weight excluding hydrogens is 208 g/mol. The average molecular weight is 220 g/mol. The average Bonchev–Trinajstić information content (AvgIpc) is 2.24. The summed E-state index contributed by atoms with van der Waals surface area (Å²) in [5.74, 6) is -1.98. The lowest BCUT2D eigenvalue weighted by molar-refractivity contribution is 0.0114. The van der Waals surface area contributed by atoms with Crippen molar-refractivity contribution >= 4 is 11.6 Å². The van der Waals surface area contributed by atoms with E-state index in [9.17, 15) is 19.8 Å². The van der Waals surface area contributed by atoms with Crippen LogP contribution in [0.25, 0.3) is 0 Å². The van der Waals surface area contributed by atoms with E-state index in [4.69, 9.17) is 0 Å². The van der Waals surface area contributed by atoms with E-state index in [-0.39, 0.29) is 16.9 Å². The summed E-state index contributed by atoms with van der Waals surface area (Å²) in [5.41, 5.74) is -1.59. The summed E-state index contributed by atoms with van der Waals surface area (Å²) in [6.07, 6.45) is 0. The van der Waals surface area contributed by atoms with Crippen LogP contribution in [-0.2, 0) is 0 Å². The standard InChI is InChI=1S/C12H12O4/c1-6-10(14)9-7(4-3-5-8(9)13)11(15)12(6,2)16/h3-6,13,16H,1-2H3/t6-,12-/m1/s1. The number of hydrogen-bond acceptors (Lipinski definition) is 4. The van der Waals surface area contributed by atoms with E-state index in [2.05, 4.69) is 0 Å². The highest BCUT2D eigenvalue weighted by molar-refractivity contribution is 6.19. The summed E-state index contributed by atoms with van der Waals surface area (Å²) < 4.78 is 0. The van der Waals surface area contributed by atoms with Gasteiger partial charge in [0, 0.05) is 5.56 Å². The third-order valence-corrected chi connectivity index (χ3v) is 3.23. The fourth-order valence-electron chi connectivity index (χ4n) is 1.93. The summed E-state index contributed by atoms with van der Waals surface area (Å²) in [6.45, 7) is 2.81. The number of phenols is 1. The minimum absolute atomic E-state index is 0.0199. The summed E-state index contributed by atoms with van der Waals surface area (Å²) in [4.78, 5) is 23.9. The molecule has 1 aromatic rings. The second kappa shape index (κ2) is 3.15. The first kappa shape index (κ1) is 10.8. The maximum Gasteiger partial charge on any atom is 0.195 e. The Kier molecular flexibility index (Phi) is 2.13. The van der Waals surface area contributed by atoms with Gasteiger partial charge in [-0.1, -0.05) is 19.1 Å². The number of ketones is 2. The molecule has 2 N–H and O–H groups in total. The minimum atomic E-state index is -1.70. The highest BCUT2D eigenvalue weighted by Crippen LogP contribution is 2.36. The van der Waals surface area contributed by atoms with Crippen molar-refractivity contribution in [3.05, 3.63) is 29.3 Å². The smallest absolute Gasteiger partial charge is 0.195 e. The highest BCUT2D eigenvalue weighted by atomic mass is 16.3. The molecule has 1 aliphatic carbocycles. The van der Waals surface area contributed by atoms with Crippen molar-refractivity contribution in [2.45, 2.75) is 19.4 Å². The van der Waals surface area contributed by atoms with Crippen molar-refractivity contribution in [2.75, 3.05) is 0 Å². The van der Waals surface area contributed by atoms with Crippen LogP contribution in [0.4, 0.5) is 0 Å². The number of carbonyl (C=O) groups is 2. The maximum atomic E-state index is 11.9. The van der Waals surface area contributed by atoms with Gasteiger partial charge in [0.1, 0.15) is 11.4 Å². The van der Waals surface area contributed by atoms with Gasteiger partial charge in [0.15, 0.2) is 11.6 Å². The number of fused-ring (bicyclic) bond motifs is 1. The number of aliphatic hydroxyl groups is 1. The van der Waals surface area contributed by atoms with Crippen molar-refractivity contribution in [3.63, 3.8) is 0 Å². The van der Waals surface area contributed by atoms with Crippen LogP contribution < -0.4 is 0 Å². The number of hydrogen-bond donors (Lipinski definition) is 2. The molecule has 4 nitrogen and oxygen atoms in total. The molecule has 0 heterocycles. The summed E-state index contributed by atoms with van der Waals surface area (Å²) >= 11 is 0. The molecule has 0 radical (unpaired) electrons. The zero-order valence-electron chi connectivity index (χ0n) is 9.02. The lowest BCUT2D eigenvalue weighted by atomic mass is 9.72. The molecule has 0 amide bonds. The quantitative estimate of drug-likeness (QED) is 0.688. The largest absolute Gasteiger partial charge is 0.507 e. The first-order valence-corrected chi connectivity index (χ1v) is 5.00. The van der Waals surface area contributed by atoms with E-state index in [1.165, 1.54) is 32.0 Å². The molecule has 2 rings (SSSR count). The summed E-state index contributed by atoms with van der Waals surface area (Å²) in [7, 11) is 0. The van der Waals surface area contributed by atoms with Gasteiger partial charge < -0.3 is 10.2 Å². The minimum Gasteiger partial charge on any atom is -0.507 e. The molecule has 0 aromatic heterocycles. The number of benzene rings is 1. The highest BCUT2D eigenvalue weighted by Gasteiger charge is 2.47. The van der Waals surface area contributed by atoms with Crippen molar-refractivity contribution in [3.8, 4) is 5.75 Å². The van der Waals surface area contributed by atoms with Gasteiger partial charge in [0.25, 0.3) is 0 Å². The third kappa shape index (κ3) is 1.20. The van der Waals surface area contributed by atoms with E-state index in [0.717, 1.165) is 0 Å². The van der Waals surface area contributed by atoms with Crippen molar-refractivity contribution in [1.82, 2.24) is 0 Å². The van der Waals surface area contributed by atoms with E-state index < -0.39 is 23.1 Å². The van der Waals surface area contributed by atoms with E-state index in [1.54, 1.807) is 0 Å². The fourth-order valence-corrected chi connectivity index (χ4v) is 1.93. The first-order valence-electron chi connectivity index (χ1n) is 5.00.